The monoisotopic (exact) mass is 303 g/mol. The first-order chi connectivity index (χ1) is 9.94. The number of carbonyl (C=O) groups is 1. The molecule has 0 aromatic heterocycles. The van der Waals surface area contributed by atoms with E-state index in [2.05, 4.69) is 4.72 Å². The van der Waals surface area contributed by atoms with Gasteiger partial charge in [-0.05, 0) is 42.7 Å². The van der Waals surface area contributed by atoms with Gasteiger partial charge in [0, 0.05) is 5.56 Å². The molecule has 0 atom stereocenters. The van der Waals surface area contributed by atoms with Crippen LogP contribution < -0.4 is 4.72 Å². The molecule has 5 heteroatoms. The molecule has 0 saturated carbocycles. The van der Waals surface area contributed by atoms with Crippen molar-refractivity contribution in [2.75, 3.05) is 0 Å². The molecule has 4 nitrogen and oxygen atoms in total. The van der Waals surface area contributed by atoms with Gasteiger partial charge in [0.1, 0.15) is 0 Å². The fourth-order valence-electron chi connectivity index (χ4n) is 1.99. The van der Waals surface area contributed by atoms with E-state index in [1.807, 2.05) is 19.1 Å². The number of aryl methyl sites for hydroxylation is 2. The van der Waals surface area contributed by atoms with Crippen LogP contribution >= 0.6 is 0 Å². The first-order valence-electron chi connectivity index (χ1n) is 6.66. The number of carbonyl (C=O) groups excluding carboxylic acids is 1. The smallest absolute Gasteiger partial charge is 0.264 e. The number of nitrogens with one attached hydrogen (secondary N) is 1. The Hall–Kier alpha value is -2.14. The fraction of sp³-hybridized carbons (Fsp3) is 0.188. The molecule has 2 aromatic carbocycles. The molecule has 110 valence electrons. The molecule has 0 bridgehead atoms. The summed E-state index contributed by atoms with van der Waals surface area (Å²) in [6.07, 6.45) is 0.864. The topological polar surface area (TPSA) is 63.2 Å². The zero-order valence-corrected chi connectivity index (χ0v) is 12.8. The number of rotatable bonds is 4. The molecule has 1 amide bonds. The van der Waals surface area contributed by atoms with Crippen LogP contribution in [0.2, 0.25) is 0 Å². The highest BCUT2D eigenvalue weighted by atomic mass is 32.2. The highest BCUT2D eigenvalue weighted by molar-refractivity contribution is 7.90. The summed E-state index contributed by atoms with van der Waals surface area (Å²) in [7, 11) is -3.85. The lowest BCUT2D eigenvalue weighted by Crippen LogP contribution is -2.31. The summed E-state index contributed by atoms with van der Waals surface area (Å²) in [5, 5.41) is 0. The SMILES string of the molecule is CCc1ccc(C(=O)NS(=O)(=O)c2ccccc2C)cc1. The predicted octanol–water partition coefficient (Wildman–Crippen LogP) is 2.68. The number of amides is 1. The molecule has 0 heterocycles. The number of sulfonamides is 1. The number of hydrogen-bond donors (Lipinski definition) is 1. The van der Waals surface area contributed by atoms with E-state index in [4.69, 9.17) is 0 Å². The summed E-state index contributed by atoms with van der Waals surface area (Å²) >= 11 is 0. The molecule has 21 heavy (non-hydrogen) atoms. The van der Waals surface area contributed by atoms with Gasteiger partial charge in [0.2, 0.25) is 0 Å². The van der Waals surface area contributed by atoms with Crippen LogP contribution in [0, 0.1) is 6.92 Å². The van der Waals surface area contributed by atoms with E-state index in [1.165, 1.54) is 6.07 Å². The lowest BCUT2D eigenvalue weighted by molar-refractivity contribution is 0.0981. The van der Waals surface area contributed by atoms with Gasteiger partial charge in [-0.1, -0.05) is 37.3 Å². The van der Waals surface area contributed by atoms with Crippen molar-refractivity contribution in [3.63, 3.8) is 0 Å². The van der Waals surface area contributed by atoms with Crippen LogP contribution in [0.15, 0.2) is 53.4 Å². The minimum Gasteiger partial charge on any atom is -0.268 e. The molecule has 2 aromatic rings. The van der Waals surface area contributed by atoms with Crippen LogP contribution in [0.3, 0.4) is 0 Å². The molecular weight excluding hydrogens is 286 g/mol. The minimum atomic E-state index is -3.85. The molecule has 0 saturated heterocycles. The highest BCUT2D eigenvalue weighted by Gasteiger charge is 2.20. The zero-order chi connectivity index (χ0) is 15.5. The average Bonchev–Trinajstić information content (AvgIpc) is 2.47. The second-order valence-corrected chi connectivity index (χ2v) is 6.40. The van der Waals surface area contributed by atoms with E-state index in [0.29, 0.717) is 11.1 Å². The molecule has 0 aliphatic heterocycles. The highest BCUT2D eigenvalue weighted by Crippen LogP contribution is 2.14. The van der Waals surface area contributed by atoms with Crippen molar-refractivity contribution in [3.05, 3.63) is 65.2 Å². The molecule has 0 radical (unpaired) electrons. The maximum Gasteiger partial charge on any atom is 0.264 e. The quantitative estimate of drug-likeness (QED) is 0.944. The second-order valence-electron chi connectivity index (χ2n) is 4.75. The molecule has 0 unspecified atom stereocenters. The predicted molar refractivity (Wildman–Crippen MR) is 81.7 cm³/mol. The minimum absolute atomic E-state index is 0.114. The molecule has 0 fully saturated rings. The van der Waals surface area contributed by atoms with Gasteiger partial charge < -0.3 is 0 Å². The summed E-state index contributed by atoms with van der Waals surface area (Å²) in [6.45, 7) is 3.70. The van der Waals surface area contributed by atoms with Gasteiger partial charge in [-0.2, -0.15) is 0 Å². The third-order valence-electron chi connectivity index (χ3n) is 3.23. The van der Waals surface area contributed by atoms with Crippen LogP contribution in [-0.2, 0) is 16.4 Å². The maximum atomic E-state index is 12.2. The number of hydrogen-bond acceptors (Lipinski definition) is 3. The first kappa shape index (κ1) is 15.3. The lowest BCUT2D eigenvalue weighted by atomic mass is 10.1. The summed E-state index contributed by atoms with van der Waals surface area (Å²) in [4.78, 5) is 12.2. The van der Waals surface area contributed by atoms with Crippen LogP contribution in [-0.4, -0.2) is 14.3 Å². The number of benzene rings is 2. The van der Waals surface area contributed by atoms with E-state index in [0.717, 1.165) is 12.0 Å². The van der Waals surface area contributed by atoms with E-state index < -0.39 is 15.9 Å². The summed E-state index contributed by atoms with van der Waals surface area (Å²) in [5.41, 5.74) is 2.01. The van der Waals surface area contributed by atoms with E-state index in [1.54, 1.807) is 37.3 Å². The Balaban J connectivity index is 2.24. The van der Waals surface area contributed by atoms with Crippen molar-refractivity contribution in [2.45, 2.75) is 25.2 Å². The van der Waals surface area contributed by atoms with Gasteiger partial charge in [-0.25, -0.2) is 13.1 Å². The maximum absolute atomic E-state index is 12.2. The molecular formula is C16H17NO3S. The fourth-order valence-corrected chi connectivity index (χ4v) is 3.21. The van der Waals surface area contributed by atoms with E-state index >= 15 is 0 Å². The zero-order valence-electron chi connectivity index (χ0n) is 12.0. The van der Waals surface area contributed by atoms with Crippen LogP contribution in [0.1, 0.15) is 28.4 Å². The molecule has 1 N–H and O–H groups in total. The molecule has 2 rings (SSSR count). The van der Waals surface area contributed by atoms with Crippen molar-refractivity contribution >= 4 is 15.9 Å². The van der Waals surface area contributed by atoms with Crippen molar-refractivity contribution < 1.29 is 13.2 Å². The van der Waals surface area contributed by atoms with Crippen molar-refractivity contribution in [3.8, 4) is 0 Å². The standard InChI is InChI=1S/C16H17NO3S/c1-3-13-8-10-14(11-9-13)16(18)17-21(19,20)15-7-5-4-6-12(15)2/h4-11H,3H2,1-2H3,(H,17,18). The third kappa shape index (κ3) is 3.49. The van der Waals surface area contributed by atoms with Crippen LogP contribution in [0.25, 0.3) is 0 Å². The van der Waals surface area contributed by atoms with Gasteiger partial charge in [0.05, 0.1) is 4.90 Å². The largest absolute Gasteiger partial charge is 0.268 e. The van der Waals surface area contributed by atoms with Crippen molar-refractivity contribution in [1.29, 1.82) is 0 Å². The second kappa shape index (κ2) is 6.10. The Morgan fingerprint density at radius 2 is 1.67 bits per heavy atom. The van der Waals surface area contributed by atoms with Gasteiger partial charge in [-0.3, -0.25) is 4.79 Å². The summed E-state index contributed by atoms with van der Waals surface area (Å²) in [6, 6.07) is 13.4. The Morgan fingerprint density at radius 1 is 1.05 bits per heavy atom. The van der Waals surface area contributed by atoms with Gasteiger partial charge >= 0.3 is 0 Å². The first-order valence-corrected chi connectivity index (χ1v) is 8.14. The van der Waals surface area contributed by atoms with E-state index in [9.17, 15) is 13.2 Å². The van der Waals surface area contributed by atoms with Gasteiger partial charge in [0.15, 0.2) is 0 Å². The summed E-state index contributed by atoms with van der Waals surface area (Å²) < 4.78 is 26.6. The molecule has 0 aliphatic carbocycles. The van der Waals surface area contributed by atoms with Crippen LogP contribution in [0.5, 0.6) is 0 Å². The summed E-state index contributed by atoms with van der Waals surface area (Å²) in [5.74, 6) is -0.624. The average molecular weight is 303 g/mol. The van der Waals surface area contributed by atoms with Crippen LogP contribution in [0.4, 0.5) is 0 Å². The lowest BCUT2D eigenvalue weighted by Gasteiger charge is -2.09. The van der Waals surface area contributed by atoms with E-state index in [-0.39, 0.29) is 4.90 Å². The van der Waals surface area contributed by atoms with Gasteiger partial charge in [-0.15, -0.1) is 0 Å². The molecule has 0 spiro atoms. The normalized spacial score (nSPS) is 11.1. The Bertz CT molecular complexity index is 749. The third-order valence-corrected chi connectivity index (χ3v) is 4.73. The van der Waals surface area contributed by atoms with Gasteiger partial charge in [0.25, 0.3) is 15.9 Å². The van der Waals surface area contributed by atoms with Crippen molar-refractivity contribution in [2.24, 2.45) is 0 Å². The molecule has 0 aliphatic rings. The Labute approximate surface area is 124 Å². The Morgan fingerprint density at radius 3 is 2.24 bits per heavy atom. The Kier molecular flexibility index (Phi) is 4.43. The van der Waals surface area contributed by atoms with Crippen molar-refractivity contribution in [1.82, 2.24) is 4.72 Å².